The van der Waals surface area contributed by atoms with Crippen molar-refractivity contribution in [1.82, 2.24) is 0 Å². The van der Waals surface area contributed by atoms with Gasteiger partial charge < -0.3 is 5.53 Å². The second kappa shape index (κ2) is 4.90. The zero-order valence-electron chi connectivity index (χ0n) is 8.89. The smallest absolute Gasteiger partial charge is 0.302 e. The van der Waals surface area contributed by atoms with Gasteiger partial charge in [0.05, 0.1) is 11.5 Å². The summed E-state index contributed by atoms with van der Waals surface area (Å²) in [6, 6.07) is 10.00. The average Bonchev–Trinajstić information content (AvgIpc) is 2.33. The van der Waals surface area contributed by atoms with Gasteiger partial charge >= 0.3 is 5.71 Å². The molecule has 1 aromatic rings. The highest BCUT2D eigenvalue weighted by atomic mass is 14.9. The molecule has 0 aliphatic heterocycles. The van der Waals surface area contributed by atoms with Crippen molar-refractivity contribution in [3.05, 3.63) is 41.4 Å². The third-order valence-electron chi connectivity index (χ3n) is 3.17. The van der Waals surface area contributed by atoms with Crippen LogP contribution < -0.4 is 0 Å². The lowest BCUT2D eigenvalue weighted by atomic mass is 9.83. The zero-order chi connectivity index (χ0) is 10.5. The van der Waals surface area contributed by atoms with Crippen LogP contribution in [0, 0.1) is 5.92 Å². The monoisotopic (exact) mass is 200 g/mol. The van der Waals surface area contributed by atoms with Crippen molar-refractivity contribution in [2.75, 3.05) is 0 Å². The van der Waals surface area contributed by atoms with Crippen LogP contribution >= 0.6 is 0 Å². The molecule has 0 amide bonds. The fourth-order valence-corrected chi connectivity index (χ4v) is 2.36. The van der Waals surface area contributed by atoms with E-state index in [0.717, 1.165) is 24.1 Å². The summed E-state index contributed by atoms with van der Waals surface area (Å²) in [4.78, 5) is 3.50. The molecule has 0 N–H and O–H groups in total. The quantitative estimate of drug-likeness (QED) is 0.399. The van der Waals surface area contributed by atoms with Crippen molar-refractivity contribution in [3.8, 4) is 0 Å². The average molecular weight is 200 g/mol. The van der Waals surface area contributed by atoms with Gasteiger partial charge in [-0.25, -0.2) is 0 Å². The first-order valence-electron chi connectivity index (χ1n) is 5.69. The molecule has 0 unspecified atom stereocenters. The summed E-state index contributed by atoms with van der Waals surface area (Å²) >= 11 is 0. The molecule has 0 aromatic heterocycles. The first kappa shape index (κ1) is 10.1. The van der Waals surface area contributed by atoms with Gasteiger partial charge in [0.1, 0.15) is 0 Å². The molecule has 78 valence electrons. The third kappa shape index (κ3) is 2.34. The Hall–Kier alpha value is -1.40. The topological polar surface area (TPSA) is 36.4 Å². The molecule has 1 saturated carbocycles. The van der Waals surface area contributed by atoms with E-state index in [1.165, 1.54) is 19.3 Å². The summed E-state index contributed by atoms with van der Waals surface area (Å²) in [6.45, 7) is 0. The van der Waals surface area contributed by atoms with Crippen molar-refractivity contribution in [1.29, 1.82) is 0 Å². The minimum Gasteiger partial charge on any atom is -0.361 e. The third-order valence-corrected chi connectivity index (χ3v) is 3.17. The molecule has 15 heavy (non-hydrogen) atoms. The highest BCUT2D eigenvalue weighted by molar-refractivity contribution is 5.98. The molecule has 1 fully saturated rings. The van der Waals surface area contributed by atoms with E-state index in [0.29, 0.717) is 5.92 Å². The molecule has 0 radical (unpaired) electrons. The van der Waals surface area contributed by atoms with Gasteiger partial charge in [-0.1, -0.05) is 37.5 Å². The largest absolute Gasteiger partial charge is 0.361 e. The maximum atomic E-state index is 9.12. The number of benzene rings is 1. The van der Waals surface area contributed by atoms with Crippen LogP contribution in [0.15, 0.2) is 30.3 Å². The van der Waals surface area contributed by atoms with Crippen LogP contribution in [-0.2, 0) is 0 Å². The highest BCUT2D eigenvalue weighted by Gasteiger charge is 2.26. The SMILES string of the molecule is [N-]=[N+]=C(c1ccccc1)C1CCCCC1. The van der Waals surface area contributed by atoms with E-state index in [1.54, 1.807) is 0 Å². The van der Waals surface area contributed by atoms with E-state index in [1.807, 2.05) is 30.3 Å². The Labute approximate surface area is 90.6 Å². The van der Waals surface area contributed by atoms with Gasteiger partial charge in [-0.3, -0.25) is 0 Å². The number of hydrogen-bond acceptors (Lipinski definition) is 0. The lowest BCUT2D eigenvalue weighted by Gasteiger charge is -2.17. The van der Waals surface area contributed by atoms with Crippen molar-refractivity contribution >= 4 is 5.71 Å². The van der Waals surface area contributed by atoms with E-state index in [4.69, 9.17) is 5.53 Å². The molecule has 2 nitrogen and oxygen atoms in total. The van der Waals surface area contributed by atoms with Crippen molar-refractivity contribution in [3.63, 3.8) is 0 Å². The molecular weight excluding hydrogens is 184 g/mol. The summed E-state index contributed by atoms with van der Waals surface area (Å²) in [5.41, 5.74) is 11.1. The molecule has 1 aromatic carbocycles. The van der Waals surface area contributed by atoms with Gasteiger partial charge in [0.25, 0.3) is 0 Å². The lowest BCUT2D eigenvalue weighted by Crippen LogP contribution is -2.19. The van der Waals surface area contributed by atoms with Gasteiger partial charge in [-0.15, -0.1) is 0 Å². The van der Waals surface area contributed by atoms with Gasteiger partial charge in [-0.05, 0) is 25.0 Å². The lowest BCUT2D eigenvalue weighted by molar-refractivity contribution is -0.0130. The van der Waals surface area contributed by atoms with Crippen LogP contribution in [0.3, 0.4) is 0 Å². The van der Waals surface area contributed by atoms with Crippen LogP contribution in [0.5, 0.6) is 0 Å². The summed E-state index contributed by atoms with van der Waals surface area (Å²) < 4.78 is 0. The van der Waals surface area contributed by atoms with Crippen LogP contribution in [0.4, 0.5) is 0 Å². The predicted octanol–water partition coefficient (Wildman–Crippen LogP) is 3.29. The Kier molecular flexibility index (Phi) is 3.31. The second-order valence-electron chi connectivity index (χ2n) is 4.19. The maximum Gasteiger partial charge on any atom is 0.302 e. The summed E-state index contributed by atoms with van der Waals surface area (Å²) in [5.74, 6) is 0.450. The van der Waals surface area contributed by atoms with Gasteiger partial charge in [0.2, 0.25) is 0 Å². The van der Waals surface area contributed by atoms with Crippen LogP contribution in [0.25, 0.3) is 5.53 Å². The molecular formula is C13H16N2. The van der Waals surface area contributed by atoms with Gasteiger partial charge in [0.15, 0.2) is 0 Å². The maximum absolute atomic E-state index is 9.12. The van der Waals surface area contributed by atoms with E-state index < -0.39 is 0 Å². The molecule has 1 aliphatic rings. The Balaban J connectivity index is 2.21. The minimum atomic E-state index is 0.450. The Morgan fingerprint density at radius 1 is 1.07 bits per heavy atom. The molecule has 0 saturated heterocycles. The van der Waals surface area contributed by atoms with Crippen LogP contribution in [0.1, 0.15) is 37.7 Å². The molecule has 0 atom stereocenters. The summed E-state index contributed by atoms with van der Waals surface area (Å²) in [6.07, 6.45) is 6.17. The fourth-order valence-electron chi connectivity index (χ4n) is 2.36. The van der Waals surface area contributed by atoms with E-state index in [-0.39, 0.29) is 0 Å². The highest BCUT2D eigenvalue weighted by Crippen LogP contribution is 2.26. The summed E-state index contributed by atoms with van der Waals surface area (Å²) in [5, 5.41) is 0. The van der Waals surface area contributed by atoms with E-state index >= 15 is 0 Å². The standard InChI is InChI=1S/C13H16N2/c14-15-13(11-7-3-1-4-8-11)12-9-5-2-6-10-12/h1,3-4,7-8,12H,2,5-6,9-10H2. The Bertz CT molecular complexity index is 357. The molecule has 2 rings (SSSR count). The molecule has 0 bridgehead atoms. The van der Waals surface area contributed by atoms with Crippen molar-refractivity contribution in [2.45, 2.75) is 32.1 Å². The normalized spacial score (nSPS) is 17.1. The Morgan fingerprint density at radius 2 is 1.73 bits per heavy atom. The minimum absolute atomic E-state index is 0.450. The van der Waals surface area contributed by atoms with E-state index in [2.05, 4.69) is 4.79 Å². The summed E-state index contributed by atoms with van der Waals surface area (Å²) in [7, 11) is 0. The number of nitrogens with zero attached hydrogens (tertiary/aromatic N) is 2. The zero-order valence-corrected chi connectivity index (χ0v) is 8.89. The Morgan fingerprint density at radius 3 is 2.33 bits per heavy atom. The first-order valence-corrected chi connectivity index (χ1v) is 5.69. The van der Waals surface area contributed by atoms with Crippen LogP contribution in [0.2, 0.25) is 0 Å². The molecule has 1 aliphatic carbocycles. The molecule has 0 spiro atoms. The fraction of sp³-hybridized carbons (Fsp3) is 0.462. The van der Waals surface area contributed by atoms with Crippen LogP contribution in [-0.4, -0.2) is 10.5 Å². The molecule has 0 heterocycles. The van der Waals surface area contributed by atoms with Crippen molar-refractivity contribution in [2.24, 2.45) is 5.92 Å². The number of hydrogen-bond donors (Lipinski definition) is 0. The van der Waals surface area contributed by atoms with Gasteiger partial charge in [-0.2, -0.15) is 4.79 Å². The predicted molar refractivity (Wildman–Crippen MR) is 60.7 cm³/mol. The van der Waals surface area contributed by atoms with E-state index in [9.17, 15) is 0 Å². The number of rotatable bonds is 2. The van der Waals surface area contributed by atoms with Crippen molar-refractivity contribution < 1.29 is 4.79 Å². The molecule has 2 heteroatoms. The van der Waals surface area contributed by atoms with Gasteiger partial charge in [0, 0.05) is 0 Å². The second-order valence-corrected chi connectivity index (χ2v) is 4.19. The first-order chi connectivity index (χ1) is 7.42.